The van der Waals surface area contributed by atoms with Gasteiger partial charge in [-0.3, -0.25) is 4.79 Å². The van der Waals surface area contributed by atoms with Crippen molar-refractivity contribution in [2.45, 2.75) is 31.7 Å². The van der Waals surface area contributed by atoms with Crippen LogP contribution in [0.5, 0.6) is 0 Å². The first-order chi connectivity index (χ1) is 10.8. The molecule has 114 valence electrons. The van der Waals surface area contributed by atoms with E-state index < -0.39 is 0 Å². The van der Waals surface area contributed by atoms with E-state index in [9.17, 15) is 4.79 Å². The number of hydrogen-bond acceptors (Lipinski definition) is 3. The van der Waals surface area contributed by atoms with E-state index in [4.69, 9.17) is 9.47 Å². The van der Waals surface area contributed by atoms with Gasteiger partial charge in [0.05, 0.1) is 25.4 Å². The number of ether oxygens (including phenoxy) is 2. The highest BCUT2D eigenvalue weighted by molar-refractivity contribution is 5.80. The van der Waals surface area contributed by atoms with E-state index in [0.717, 1.165) is 11.1 Å². The third-order valence-corrected chi connectivity index (χ3v) is 3.81. The summed E-state index contributed by atoms with van der Waals surface area (Å²) >= 11 is 0. The molecule has 3 heteroatoms. The van der Waals surface area contributed by atoms with E-state index in [1.54, 1.807) is 0 Å². The maximum atomic E-state index is 12.0. The van der Waals surface area contributed by atoms with Crippen LogP contribution in [0.25, 0.3) is 0 Å². The molecule has 22 heavy (non-hydrogen) atoms. The fourth-order valence-corrected chi connectivity index (χ4v) is 2.72. The Morgan fingerprint density at radius 1 is 0.955 bits per heavy atom. The Kier molecular flexibility index (Phi) is 4.99. The van der Waals surface area contributed by atoms with Crippen molar-refractivity contribution in [3.05, 3.63) is 71.8 Å². The first-order valence-electron chi connectivity index (χ1n) is 7.65. The molecule has 1 heterocycles. The first kappa shape index (κ1) is 14.9. The Labute approximate surface area is 130 Å². The van der Waals surface area contributed by atoms with Crippen molar-refractivity contribution in [2.24, 2.45) is 0 Å². The van der Waals surface area contributed by atoms with Crippen LogP contribution in [0.1, 0.15) is 30.1 Å². The fraction of sp³-hybridized carbons (Fsp3) is 0.316. The third-order valence-electron chi connectivity index (χ3n) is 3.81. The Balaban J connectivity index is 1.54. The molecule has 2 aromatic rings. The lowest BCUT2D eigenvalue weighted by Crippen LogP contribution is -2.31. The van der Waals surface area contributed by atoms with Crippen molar-refractivity contribution < 1.29 is 14.3 Å². The number of carbonyl (C=O) groups is 1. The fourth-order valence-electron chi connectivity index (χ4n) is 2.72. The molecule has 2 aromatic carbocycles. The molecule has 3 rings (SSSR count). The lowest BCUT2D eigenvalue weighted by Gasteiger charge is -2.29. The molecular weight excluding hydrogens is 276 g/mol. The highest BCUT2D eigenvalue weighted by Gasteiger charge is 2.28. The van der Waals surface area contributed by atoms with E-state index in [2.05, 4.69) is 0 Å². The predicted molar refractivity (Wildman–Crippen MR) is 84.4 cm³/mol. The summed E-state index contributed by atoms with van der Waals surface area (Å²) in [4.78, 5) is 12.0. The molecule has 0 aliphatic carbocycles. The number of ketones is 1. The van der Waals surface area contributed by atoms with Gasteiger partial charge in [-0.05, 0) is 11.1 Å². The summed E-state index contributed by atoms with van der Waals surface area (Å²) in [5.74, 6) is 0.244. The van der Waals surface area contributed by atoms with Gasteiger partial charge in [0, 0.05) is 12.8 Å². The second-order valence-electron chi connectivity index (χ2n) is 5.61. The summed E-state index contributed by atoms with van der Waals surface area (Å²) in [6.45, 7) is 0.995. The molecule has 0 saturated carbocycles. The average molecular weight is 296 g/mol. The molecule has 0 aromatic heterocycles. The van der Waals surface area contributed by atoms with Gasteiger partial charge in [-0.15, -0.1) is 0 Å². The Hall–Kier alpha value is -1.97. The topological polar surface area (TPSA) is 35.5 Å². The standard InChI is InChI=1S/C19H20O3/c20-17-11-18(14-21-13-15-7-3-1-4-8-15)22-19(12-17)16-9-5-2-6-10-16/h1-10,18-19H,11-14H2/t18-,19+/m0/s1. The van der Waals surface area contributed by atoms with Gasteiger partial charge in [-0.2, -0.15) is 0 Å². The molecule has 0 bridgehead atoms. The summed E-state index contributed by atoms with van der Waals surface area (Å²) in [6, 6.07) is 19.9. The van der Waals surface area contributed by atoms with Gasteiger partial charge in [0.25, 0.3) is 0 Å². The summed E-state index contributed by atoms with van der Waals surface area (Å²) < 4.78 is 11.7. The number of carbonyl (C=O) groups excluding carboxylic acids is 1. The minimum absolute atomic E-state index is 0.146. The number of hydrogen-bond donors (Lipinski definition) is 0. The molecule has 0 radical (unpaired) electrons. The normalized spacial score (nSPS) is 21.7. The van der Waals surface area contributed by atoms with Crippen molar-refractivity contribution >= 4 is 5.78 Å². The maximum Gasteiger partial charge on any atom is 0.138 e. The zero-order valence-corrected chi connectivity index (χ0v) is 12.5. The Morgan fingerprint density at radius 2 is 1.64 bits per heavy atom. The van der Waals surface area contributed by atoms with Crippen LogP contribution in [-0.4, -0.2) is 18.5 Å². The van der Waals surface area contributed by atoms with Gasteiger partial charge in [0.15, 0.2) is 0 Å². The van der Waals surface area contributed by atoms with Gasteiger partial charge < -0.3 is 9.47 Å². The summed E-state index contributed by atoms with van der Waals surface area (Å²) in [5.41, 5.74) is 2.19. The van der Waals surface area contributed by atoms with Crippen LogP contribution in [-0.2, 0) is 20.9 Å². The van der Waals surface area contributed by atoms with Crippen LogP contribution < -0.4 is 0 Å². The molecule has 1 aliphatic heterocycles. The second-order valence-corrected chi connectivity index (χ2v) is 5.61. The summed E-state index contributed by atoms with van der Waals surface area (Å²) in [6.07, 6.45) is 0.597. The molecule has 0 unspecified atom stereocenters. The maximum absolute atomic E-state index is 12.0. The molecule has 0 spiro atoms. The lowest BCUT2D eigenvalue weighted by molar-refractivity contribution is -0.141. The van der Waals surface area contributed by atoms with Gasteiger partial charge >= 0.3 is 0 Å². The monoisotopic (exact) mass is 296 g/mol. The van der Waals surface area contributed by atoms with E-state index in [1.165, 1.54) is 0 Å². The zero-order chi connectivity index (χ0) is 15.2. The van der Waals surface area contributed by atoms with Gasteiger partial charge in [0.1, 0.15) is 5.78 Å². The molecule has 1 fully saturated rings. The van der Waals surface area contributed by atoms with E-state index in [-0.39, 0.29) is 18.0 Å². The smallest absolute Gasteiger partial charge is 0.138 e. The average Bonchev–Trinajstić information content (AvgIpc) is 2.56. The third kappa shape index (κ3) is 4.03. The number of rotatable bonds is 5. The Bertz CT molecular complexity index is 595. The molecule has 2 atom stereocenters. The van der Waals surface area contributed by atoms with Crippen LogP contribution >= 0.6 is 0 Å². The zero-order valence-electron chi connectivity index (χ0n) is 12.5. The van der Waals surface area contributed by atoms with Crippen LogP contribution in [0.4, 0.5) is 0 Å². The Morgan fingerprint density at radius 3 is 2.36 bits per heavy atom. The van der Waals surface area contributed by atoms with Crippen LogP contribution in [0.15, 0.2) is 60.7 Å². The van der Waals surface area contributed by atoms with Gasteiger partial charge in [-0.1, -0.05) is 60.7 Å². The minimum atomic E-state index is -0.157. The largest absolute Gasteiger partial charge is 0.374 e. The van der Waals surface area contributed by atoms with Crippen molar-refractivity contribution in [3.63, 3.8) is 0 Å². The molecule has 0 amide bonds. The van der Waals surface area contributed by atoms with Gasteiger partial charge in [-0.25, -0.2) is 0 Å². The summed E-state index contributed by atoms with van der Waals surface area (Å²) in [5, 5.41) is 0. The molecule has 1 saturated heterocycles. The first-order valence-corrected chi connectivity index (χ1v) is 7.65. The van der Waals surface area contributed by atoms with Crippen molar-refractivity contribution in [3.8, 4) is 0 Å². The van der Waals surface area contributed by atoms with Gasteiger partial charge in [0.2, 0.25) is 0 Å². The van der Waals surface area contributed by atoms with Crippen molar-refractivity contribution in [1.29, 1.82) is 0 Å². The van der Waals surface area contributed by atoms with E-state index in [1.807, 2.05) is 60.7 Å². The number of Topliss-reactive ketones (excluding diaryl/α,β-unsaturated/α-hetero) is 1. The van der Waals surface area contributed by atoms with Crippen LogP contribution in [0, 0.1) is 0 Å². The highest BCUT2D eigenvalue weighted by Crippen LogP contribution is 2.29. The quantitative estimate of drug-likeness (QED) is 0.844. The summed E-state index contributed by atoms with van der Waals surface area (Å²) in [7, 11) is 0. The van der Waals surface area contributed by atoms with E-state index >= 15 is 0 Å². The SMILES string of the molecule is O=C1C[C@@H](COCc2ccccc2)O[C@@H](c2ccccc2)C1. The lowest BCUT2D eigenvalue weighted by atomic mass is 9.97. The van der Waals surface area contributed by atoms with Crippen molar-refractivity contribution in [1.82, 2.24) is 0 Å². The van der Waals surface area contributed by atoms with Crippen LogP contribution in [0.3, 0.4) is 0 Å². The molecular formula is C19H20O3. The predicted octanol–water partition coefficient (Wildman–Crippen LogP) is 3.69. The number of benzene rings is 2. The minimum Gasteiger partial charge on any atom is -0.374 e. The van der Waals surface area contributed by atoms with Crippen LogP contribution in [0.2, 0.25) is 0 Å². The van der Waals surface area contributed by atoms with E-state index in [0.29, 0.717) is 26.1 Å². The molecule has 3 nitrogen and oxygen atoms in total. The van der Waals surface area contributed by atoms with Crippen molar-refractivity contribution in [2.75, 3.05) is 6.61 Å². The molecule has 0 N–H and O–H groups in total. The highest BCUT2D eigenvalue weighted by atomic mass is 16.5. The second kappa shape index (κ2) is 7.34. The molecule has 1 aliphatic rings.